The van der Waals surface area contributed by atoms with Gasteiger partial charge in [0.1, 0.15) is 5.02 Å². The maximum absolute atomic E-state index is 11.3. The summed E-state index contributed by atoms with van der Waals surface area (Å²) in [5.74, 6) is 0. The van der Waals surface area contributed by atoms with Gasteiger partial charge in [-0.15, -0.1) is 0 Å². The summed E-state index contributed by atoms with van der Waals surface area (Å²) < 4.78 is 1.39. The highest BCUT2D eigenvalue weighted by molar-refractivity contribution is 6.34. The van der Waals surface area contributed by atoms with Gasteiger partial charge in [0.2, 0.25) is 0 Å². The topological polar surface area (TPSA) is 42.2 Å². The molecule has 0 saturated heterocycles. The fraction of sp³-hybridized carbons (Fsp3) is 0.375. The molecule has 0 saturated carbocycles. The standard InChI is InChI=1S/C8H9Cl2NO2/c9-6-4-7(10)8(13)11(5-6)2-1-3-12/h4-5,12H,1-3H2. The summed E-state index contributed by atoms with van der Waals surface area (Å²) in [6, 6.07) is 1.40. The van der Waals surface area contributed by atoms with E-state index in [0.717, 1.165) is 0 Å². The first-order valence-electron chi connectivity index (χ1n) is 3.81. The molecule has 0 aliphatic carbocycles. The first-order chi connectivity index (χ1) is 6.15. The lowest BCUT2D eigenvalue weighted by molar-refractivity contribution is 0.279. The number of aliphatic hydroxyl groups excluding tert-OH is 1. The Morgan fingerprint density at radius 3 is 2.77 bits per heavy atom. The van der Waals surface area contributed by atoms with Crippen LogP contribution in [0.15, 0.2) is 17.1 Å². The molecule has 0 unspecified atom stereocenters. The molecule has 1 aromatic heterocycles. The summed E-state index contributed by atoms with van der Waals surface area (Å²) in [5, 5.41) is 9.10. The zero-order valence-electron chi connectivity index (χ0n) is 6.83. The van der Waals surface area contributed by atoms with Gasteiger partial charge in [-0.3, -0.25) is 4.79 Å². The summed E-state index contributed by atoms with van der Waals surface area (Å²) in [6.07, 6.45) is 2.02. The predicted molar refractivity (Wildman–Crippen MR) is 52.4 cm³/mol. The third kappa shape index (κ3) is 2.72. The summed E-state index contributed by atoms with van der Waals surface area (Å²) in [4.78, 5) is 11.3. The first-order valence-corrected chi connectivity index (χ1v) is 4.57. The van der Waals surface area contributed by atoms with Gasteiger partial charge < -0.3 is 9.67 Å². The SMILES string of the molecule is O=c1c(Cl)cc(Cl)cn1CCCO. The number of aromatic nitrogens is 1. The average molecular weight is 222 g/mol. The molecule has 0 aliphatic heterocycles. The molecule has 1 aromatic rings. The second kappa shape index (κ2) is 4.65. The zero-order chi connectivity index (χ0) is 9.84. The molecule has 13 heavy (non-hydrogen) atoms. The van der Waals surface area contributed by atoms with Crippen LogP contribution < -0.4 is 5.56 Å². The minimum absolute atomic E-state index is 0.0383. The average Bonchev–Trinajstić information content (AvgIpc) is 2.09. The van der Waals surface area contributed by atoms with Crippen molar-refractivity contribution < 1.29 is 5.11 Å². The molecule has 0 bridgehead atoms. The summed E-state index contributed by atoms with van der Waals surface area (Å²) in [7, 11) is 0. The van der Waals surface area contributed by atoms with Crippen molar-refractivity contribution in [3.63, 3.8) is 0 Å². The summed E-state index contributed by atoms with van der Waals surface area (Å²) in [6.45, 7) is 0.464. The largest absolute Gasteiger partial charge is 0.396 e. The normalized spacial score (nSPS) is 10.4. The van der Waals surface area contributed by atoms with Gasteiger partial charge >= 0.3 is 0 Å². The van der Waals surface area contributed by atoms with Crippen molar-refractivity contribution >= 4 is 23.2 Å². The van der Waals surface area contributed by atoms with Crippen molar-refractivity contribution in [2.45, 2.75) is 13.0 Å². The minimum Gasteiger partial charge on any atom is -0.396 e. The fourth-order valence-electron chi connectivity index (χ4n) is 0.972. The molecule has 0 aliphatic rings. The van der Waals surface area contributed by atoms with E-state index in [1.54, 1.807) is 0 Å². The number of pyridine rings is 1. The number of hydrogen-bond donors (Lipinski definition) is 1. The maximum atomic E-state index is 11.3. The quantitative estimate of drug-likeness (QED) is 0.842. The number of nitrogens with zero attached hydrogens (tertiary/aromatic N) is 1. The Balaban J connectivity index is 2.99. The Hall–Kier alpha value is -0.510. The number of hydrogen-bond acceptors (Lipinski definition) is 2. The van der Waals surface area contributed by atoms with Crippen molar-refractivity contribution in [2.75, 3.05) is 6.61 Å². The van der Waals surface area contributed by atoms with Crippen LogP contribution in [0, 0.1) is 0 Å². The Kier molecular flexibility index (Phi) is 3.78. The van der Waals surface area contributed by atoms with Crippen LogP contribution in [0.2, 0.25) is 10.0 Å². The van der Waals surface area contributed by atoms with Gasteiger partial charge in [-0.05, 0) is 12.5 Å². The Labute approximate surface area is 85.5 Å². The molecule has 0 fully saturated rings. The lowest BCUT2D eigenvalue weighted by atomic mass is 10.4. The molecular formula is C8H9Cl2NO2. The first kappa shape index (κ1) is 10.6. The lowest BCUT2D eigenvalue weighted by Gasteiger charge is -2.04. The molecule has 1 heterocycles. The lowest BCUT2D eigenvalue weighted by Crippen LogP contribution is -2.20. The van der Waals surface area contributed by atoms with Crippen LogP contribution in [-0.2, 0) is 6.54 Å². The highest BCUT2D eigenvalue weighted by Gasteiger charge is 2.02. The van der Waals surface area contributed by atoms with E-state index in [-0.39, 0.29) is 17.2 Å². The van der Waals surface area contributed by atoms with Gasteiger partial charge in [0, 0.05) is 19.3 Å². The molecule has 0 amide bonds. The molecule has 0 atom stereocenters. The van der Waals surface area contributed by atoms with Gasteiger partial charge in [-0.1, -0.05) is 23.2 Å². The smallest absolute Gasteiger partial charge is 0.269 e. The fourth-order valence-corrected chi connectivity index (χ4v) is 1.48. The second-order valence-corrected chi connectivity index (χ2v) is 3.43. The van der Waals surface area contributed by atoms with E-state index in [1.807, 2.05) is 0 Å². The Bertz CT molecular complexity index is 348. The van der Waals surface area contributed by atoms with Crippen LogP contribution in [0.3, 0.4) is 0 Å². The minimum atomic E-state index is -0.278. The summed E-state index contributed by atoms with van der Waals surface area (Å²) in [5.41, 5.74) is -0.278. The maximum Gasteiger partial charge on any atom is 0.269 e. The van der Waals surface area contributed by atoms with Gasteiger partial charge in [-0.2, -0.15) is 0 Å². The van der Waals surface area contributed by atoms with Crippen LogP contribution >= 0.6 is 23.2 Å². The van der Waals surface area contributed by atoms with Crippen LogP contribution in [-0.4, -0.2) is 16.3 Å². The third-order valence-corrected chi connectivity index (χ3v) is 2.04. The van der Waals surface area contributed by atoms with E-state index >= 15 is 0 Å². The van der Waals surface area contributed by atoms with Crippen LogP contribution in [0.25, 0.3) is 0 Å². The second-order valence-electron chi connectivity index (χ2n) is 2.58. The van der Waals surface area contributed by atoms with E-state index < -0.39 is 0 Å². The van der Waals surface area contributed by atoms with Crippen molar-refractivity contribution in [1.82, 2.24) is 4.57 Å². The predicted octanol–water partition coefficient (Wildman–Crippen LogP) is 1.54. The van der Waals surface area contributed by atoms with E-state index in [2.05, 4.69) is 0 Å². The molecule has 72 valence electrons. The molecule has 3 nitrogen and oxygen atoms in total. The van der Waals surface area contributed by atoms with Gasteiger partial charge in [0.15, 0.2) is 0 Å². The monoisotopic (exact) mass is 221 g/mol. The molecule has 0 aromatic carbocycles. The van der Waals surface area contributed by atoms with E-state index in [4.69, 9.17) is 28.3 Å². The Morgan fingerprint density at radius 2 is 2.15 bits per heavy atom. The molecule has 5 heteroatoms. The third-order valence-electron chi connectivity index (χ3n) is 1.57. The van der Waals surface area contributed by atoms with E-state index in [0.29, 0.717) is 18.0 Å². The number of rotatable bonds is 3. The highest BCUT2D eigenvalue weighted by Crippen LogP contribution is 2.11. The van der Waals surface area contributed by atoms with Crippen molar-refractivity contribution in [3.8, 4) is 0 Å². The van der Waals surface area contributed by atoms with Gasteiger partial charge in [-0.25, -0.2) is 0 Å². The van der Waals surface area contributed by atoms with Crippen molar-refractivity contribution in [3.05, 3.63) is 32.7 Å². The molecule has 1 rings (SSSR count). The van der Waals surface area contributed by atoms with Gasteiger partial charge in [0.25, 0.3) is 5.56 Å². The number of aryl methyl sites for hydroxylation is 1. The van der Waals surface area contributed by atoms with E-state index in [9.17, 15) is 4.79 Å². The molecule has 1 N–H and O–H groups in total. The molecule has 0 radical (unpaired) electrons. The van der Waals surface area contributed by atoms with Gasteiger partial charge in [0.05, 0.1) is 5.02 Å². The molecule has 0 spiro atoms. The Morgan fingerprint density at radius 1 is 1.46 bits per heavy atom. The highest BCUT2D eigenvalue weighted by atomic mass is 35.5. The zero-order valence-corrected chi connectivity index (χ0v) is 8.35. The van der Waals surface area contributed by atoms with Crippen molar-refractivity contribution in [1.29, 1.82) is 0 Å². The van der Waals surface area contributed by atoms with Crippen molar-refractivity contribution in [2.24, 2.45) is 0 Å². The van der Waals surface area contributed by atoms with Crippen LogP contribution in [0.4, 0.5) is 0 Å². The number of aliphatic hydroxyl groups is 1. The van der Waals surface area contributed by atoms with Crippen LogP contribution in [0.1, 0.15) is 6.42 Å². The summed E-state index contributed by atoms with van der Waals surface area (Å²) >= 11 is 11.3. The number of halogens is 2. The van der Waals surface area contributed by atoms with Crippen LogP contribution in [0.5, 0.6) is 0 Å². The molecular weight excluding hydrogens is 213 g/mol. The van der Waals surface area contributed by atoms with E-state index in [1.165, 1.54) is 16.8 Å².